The van der Waals surface area contributed by atoms with Gasteiger partial charge in [0.25, 0.3) is 0 Å². The largest absolute Gasteiger partial charge is 0.349 e. The fourth-order valence-corrected chi connectivity index (χ4v) is 6.48. The second-order valence-corrected chi connectivity index (χ2v) is 11.8. The number of carbonyl (C=O) groups is 2. The highest BCUT2D eigenvalue weighted by Gasteiger charge is 2.31. The van der Waals surface area contributed by atoms with Crippen LogP contribution in [0.5, 0.6) is 0 Å². The highest BCUT2D eigenvalue weighted by atomic mass is 16.2. The number of hydrogen-bond acceptors (Lipinski definition) is 3. The second kappa shape index (κ2) is 11.8. The van der Waals surface area contributed by atoms with Crippen LogP contribution in [-0.4, -0.2) is 46.5 Å². The molecule has 0 radical (unpaired) electrons. The monoisotopic (exact) mass is 494 g/mol. The first-order valence-electron chi connectivity index (χ1n) is 14.1. The molecule has 1 aliphatic carbocycles. The summed E-state index contributed by atoms with van der Waals surface area (Å²) < 4.78 is 2.48. The molecule has 0 spiro atoms. The van der Waals surface area contributed by atoms with Crippen molar-refractivity contribution >= 4 is 22.7 Å². The minimum Gasteiger partial charge on any atom is -0.349 e. The van der Waals surface area contributed by atoms with Crippen LogP contribution in [0, 0.1) is 17.8 Å². The molecule has 2 fully saturated rings. The fourth-order valence-electron chi connectivity index (χ4n) is 6.48. The number of aromatic nitrogens is 1. The second-order valence-electron chi connectivity index (χ2n) is 11.8. The van der Waals surface area contributed by atoms with Crippen molar-refractivity contribution in [3.8, 4) is 0 Å². The van der Waals surface area contributed by atoms with Gasteiger partial charge in [0.2, 0.25) is 11.8 Å². The average Bonchev–Trinajstić information content (AvgIpc) is 3.24. The summed E-state index contributed by atoms with van der Waals surface area (Å²) in [4.78, 5) is 27.3. The molecule has 6 nitrogen and oxygen atoms in total. The predicted molar refractivity (Wildman–Crippen MR) is 147 cm³/mol. The first-order valence-corrected chi connectivity index (χ1v) is 14.1. The molecular formula is C30H46N4O2. The summed E-state index contributed by atoms with van der Waals surface area (Å²) in [5, 5.41) is 7.14. The Kier molecular flexibility index (Phi) is 8.76. The number of nitrogens with one attached hydrogen (secondary N) is 2. The lowest BCUT2D eigenvalue weighted by atomic mass is 9.79. The average molecular weight is 495 g/mol. The van der Waals surface area contributed by atoms with Gasteiger partial charge in [0.05, 0.1) is 6.54 Å². The molecule has 1 unspecified atom stereocenters. The molecule has 6 heteroatoms. The van der Waals surface area contributed by atoms with Crippen molar-refractivity contribution in [2.24, 2.45) is 17.8 Å². The maximum Gasteiger partial charge on any atom is 0.243 e. The zero-order valence-corrected chi connectivity index (χ0v) is 22.9. The highest BCUT2D eigenvalue weighted by molar-refractivity contribution is 5.87. The maximum absolute atomic E-state index is 12.9. The molecule has 36 heavy (non-hydrogen) atoms. The highest BCUT2D eigenvalue weighted by Crippen LogP contribution is 2.36. The molecule has 0 bridgehead atoms. The number of carbonyl (C=O) groups excluding carboxylic acids is 2. The van der Waals surface area contributed by atoms with Crippen LogP contribution in [0.1, 0.15) is 84.9 Å². The number of benzene rings is 1. The van der Waals surface area contributed by atoms with Gasteiger partial charge in [-0.3, -0.25) is 9.59 Å². The molecule has 1 atom stereocenters. The van der Waals surface area contributed by atoms with E-state index >= 15 is 0 Å². The van der Waals surface area contributed by atoms with Crippen molar-refractivity contribution < 1.29 is 9.59 Å². The summed E-state index contributed by atoms with van der Waals surface area (Å²) in [6.07, 6.45) is 7.74. The van der Waals surface area contributed by atoms with Gasteiger partial charge < -0.3 is 20.1 Å². The van der Waals surface area contributed by atoms with E-state index < -0.39 is 6.04 Å². The van der Waals surface area contributed by atoms with Crippen molar-refractivity contribution in [1.82, 2.24) is 20.1 Å². The van der Waals surface area contributed by atoms with Crippen LogP contribution in [0.2, 0.25) is 0 Å². The first-order chi connectivity index (χ1) is 17.2. The SMILES string of the molecule is CC(=O)NC(C(=O)NCc1cc2ccccc2n1C1CCN(C2CCC(C(C)C)CC2)CC1)C(C)C. The van der Waals surface area contributed by atoms with Gasteiger partial charge in [0, 0.05) is 43.3 Å². The molecule has 2 aliphatic rings. The van der Waals surface area contributed by atoms with E-state index in [1.807, 2.05) is 13.8 Å². The van der Waals surface area contributed by atoms with E-state index in [-0.39, 0.29) is 17.7 Å². The van der Waals surface area contributed by atoms with E-state index in [1.165, 1.54) is 43.5 Å². The smallest absolute Gasteiger partial charge is 0.243 e. The van der Waals surface area contributed by atoms with Gasteiger partial charge in [-0.1, -0.05) is 45.9 Å². The predicted octanol–water partition coefficient (Wildman–Crippen LogP) is 5.27. The minimum atomic E-state index is -0.519. The molecule has 2 N–H and O–H groups in total. The van der Waals surface area contributed by atoms with Crippen LogP contribution in [0.15, 0.2) is 30.3 Å². The van der Waals surface area contributed by atoms with E-state index in [2.05, 4.69) is 64.3 Å². The molecule has 198 valence electrons. The zero-order chi connectivity index (χ0) is 25.8. The molecular weight excluding hydrogens is 448 g/mol. The Bertz CT molecular complexity index is 1030. The number of hydrogen-bond donors (Lipinski definition) is 2. The van der Waals surface area contributed by atoms with Crippen LogP contribution >= 0.6 is 0 Å². The molecule has 2 aromatic rings. The quantitative estimate of drug-likeness (QED) is 0.525. The number of piperidine rings is 1. The van der Waals surface area contributed by atoms with Crippen LogP contribution < -0.4 is 10.6 Å². The number of likely N-dealkylation sites (tertiary alicyclic amines) is 1. The van der Waals surface area contributed by atoms with E-state index in [9.17, 15) is 9.59 Å². The molecule has 2 heterocycles. The van der Waals surface area contributed by atoms with Crippen molar-refractivity contribution in [3.05, 3.63) is 36.0 Å². The Balaban J connectivity index is 1.43. The van der Waals surface area contributed by atoms with Gasteiger partial charge >= 0.3 is 0 Å². The van der Waals surface area contributed by atoms with Crippen LogP contribution in [0.4, 0.5) is 0 Å². The number of nitrogens with zero attached hydrogens (tertiary/aromatic N) is 2. The Labute approximate surface area is 217 Å². The molecule has 2 amide bonds. The third-order valence-corrected chi connectivity index (χ3v) is 8.64. The molecule has 4 rings (SSSR count). The summed E-state index contributed by atoms with van der Waals surface area (Å²) in [6.45, 7) is 12.9. The summed E-state index contributed by atoms with van der Waals surface area (Å²) in [5.74, 6) is 1.45. The maximum atomic E-state index is 12.9. The molecule has 1 aromatic heterocycles. The van der Waals surface area contributed by atoms with Gasteiger partial charge in [-0.2, -0.15) is 0 Å². The van der Waals surface area contributed by atoms with Gasteiger partial charge in [-0.05, 0) is 73.8 Å². The van der Waals surface area contributed by atoms with E-state index in [1.54, 1.807) is 0 Å². The van der Waals surface area contributed by atoms with E-state index in [0.29, 0.717) is 12.6 Å². The molecule has 1 saturated carbocycles. The number of fused-ring (bicyclic) bond motifs is 1. The third kappa shape index (κ3) is 6.13. The number of rotatable bonds is 8. The Morgan fingerprint density at radius 2 is 1.61 bits per heavy atom. The van der Waals surface area contributed by atoms with Crippen molar-refractivity contribution in [3.63, 3.8) is 0 Å². The van der Waals surface area contributed by atoms with Gasteiger partial charge in [0.1, 0.15) is 6.04 Å². The standard InChI is InChI=1S/C30H46N4O2/c1-20(2)23-10-12-25(13-11-23)33-16-14-26(15-17-33)34-27(18-24-8-6-7-9-28(24)34)19-31-30(36)29(21(3)4)32-22(5)35/h6-9,18,20-21,23,25-26,29H,10-17,19H2,1-5H3,(H,31,36)(H,32,35). The fraction of sp³-hybridized carbons (Fsp3) is 0.667. The summed E-state index contributed by atoms with van der Waals surface area (Å²) in [7, 11) is 0. The van der Waals surface area contributed by atoms with E-state index in [4.69, 9.17) is 0 Å². The normalized spacial score (nSPS) is 22.8. The van der Waals surface area contributed by atoms with Gasteiger partial charge in [-0.25, -0.2) is 0 Å². The molecule has 1 saturated heterocycles. The lowest BCUT2D eigenvalue weighted by Gasteiger charge is -2.42. The summed E-state index contributed by atoms with van der Waals surface area (Å²) in [5.41, 5.74) is 2.39. The zero-order valence-electron chi connectivity index (χ0n) is 22.9. The van der Waals surface area contributed by atoms with Gasteiger partial charge in [0.15, 0.2) is 0 Å². The van der Waals surface area contributed by atoms with E-state index in [0.717, 1.165) is 49.5 Å². The van der Waals surface area contributed by atoms with Crippen molar-refractivity contribution in [1.29, 1.82) is 0 Å². The number of amides is 2. The lowest BCUT2D eigenvalue weighted by molar-refractivity contribution is -0.129. The van der Waals surface area contributed by atoms with Crippen LogP contribution in [0.3, 0.4) is 0 Å². The van der Waals surface area contributed by atoms with Gasteiger partial charge in [-0.15, -0.1) is 0 Å². The van der Waals surface area contributed by atoms with Crippen molar-refractivity contribution in [2.45, 2.75) is 97.8 Å². The number of para-hydroxylation sites is 1. The molecule has 1 aromatic carbocycles. The molecule has 1 aliphatic heterocycles. The summed E-state index contributed by atoms with van der Waals surface area (Å²) >= 11 is 0. The Hall–Kier alpha value is -2.34. The Morgan fingerprint density at radius 1 is 0.944 bits per heavy atom. The minimum absolute atomic E-state index is 0.0275. The first kappa shape index (κ1) is 26.7. The van der Waals surface area contributed by atoms with Crippen molar-refractivity contribution in [2.75, 3.05) is 13.1 Å². The van der Waals surface area contributed by atoms with Crippen LogP contribution in [-0.2, 0) is 16.1 Å². The summed E-state index contributed by atoms with van der Waals surface area (Å²) in [6, 6.07) is 11.4. The topological polar surface area (TPSA) is 66.4 Å². The van der Waals surface area contributed by atoms with Crippen LogP contribution in [0.25, 0.3) is 10.9 Å². The Morgan fingerprint density at radius 3 is 2.22 bits per heavy atom. The lowest BCUT2D eigenvalue weighted by Crippen LogP contribution is -2.49. The third-order valence-electron chi connectivity index (χ3n) is 8.64.